The molecular weight excluding hydrogens is 550 g/mol. The Hall–Kier alpha value is -4.01. The molecule has 10 nitrogen and oxygen atoms in total. The molecule has 0 spiro atoms. The van der Waals surface area contributed by atoms with Gasteiger partial charge in [-0.3, -0.25) is 15.0 Å². The number of carboxylic acid groups (broad SMARTS) is 2. The van der Waals surface area contributed by atoms with E-state index in [9.17, 15) is 37.1 Å². The number of carbonyl (C=O) groups excluding carboxylic acids is 2. The Morgan fingerprint density at radius 3 is 2.38 bits per heavy atom. The van der Waals surface area contributed by atoms with Crippen LogP contribution in [0.15, 0.2) is 30.3 Å². The van der Waals surface area contributed by atoms with E-state index in [1.807, 2.05) is 0 Å². The fourth-order valence-electron chi connectivity index (χ4n) is 3.58. The van der Waals surface area contributed by atoms with Gasteiger partial charge in [-0.15, -0.1) is 11.3 Å². The van der Waals surface area contributed by atoms with Crippen LogP contribution < -0.4 is 10.5 Å². The summed E-state index contributed by atoms with van der Waals surface area (Å²) in [5.74, 6) is -6.75. The van der Waals surface area contributed by atoms with Crippen molar-refractivity contribution < 1.29 is 51.7 Å². The summed E-state index contributed by atoms with van der Waals surface area (Å²) in [5.41, 5.74) is 5.50. The zero-order chi connectivity index (χ0) is 29.5. The van der Waals surface area contributed by atoms with Gasteiger partial charge >= 0.3 is 24.1 Å². The molecule has 1 aromatic carbocycles. The van der Waals surface area contributed by atoms with Crippen LogP contribution in [0.25, 0.3) is 0 Å². The van der Waals surface area contributed by atoms with Crippen molar-refractivity contribution in [2.24, 2.45) is 17.6 Å². The van der Waals surface area contributed by atoms with Gasteiger partial charge in [-0.2, -0.15) is 13.2 Å². The predicted octanol–water partition coefficient (Wildman–Crippen LogP) is 3.53. The van der Waals surface area contributed by atoms with Crippen LogP contribution in [0.1, 0.15) is 39.9 Å². The number of benzene rings is 1. The van der Waals surface area contributed by atoms with Crippen molar-refractivity contribution in [3.8, 4) is 5.75 Å². The lowest BCUT2D eigenvalue weighted by atomic mass is 9.96. The Kier molecular flexibility index (Phi) is 10.5. The topological polar surface area (TPSA) is 171 Å². The van der Waals surface area contributed by atoms with Gasteiger partial charge in [-0.25, -0.2) is 14.0 Å². The van der Waals surface area contributed by atoms with Crippen LogP contribution in [0.3, 0.4) is 0 Å². The number of nitrogen functional groups attached to an aromatic ring is 1. The molecule has 2 unspecified atom stereocenters. The van der Waals surface area contributed by atoms with Gasteiger partial charge in [0.1, 0.15) is 10.7 Å². The number of carboxylic acids is 2. The van der Waals surface area contributed by atoms with Crippen molar-refractivity contribution in [1.29, 1.82) is 5.41 Å². The maximum absolute atomic E-state index is 14.1. The molecule has 2 aromatic rings. The molecule has 2 heterocycles. The highest BCUT2D eigenvalue weighted by molar-refractivity contribution is 7.13. The molecule has 0 aliphatic carbocycles. The summed E-state index contributed by atoms with van der Waals surface area (Å²) in [5, 5.41) is 23.6. The summed E-state index contributed by atoms with van der Waals surface area (Å²) in [6, 6.07) is 6.92. The highest BCUT2D eigenvalue weighted by Gasteiger charge is 2.38. The number of hydrogen-bond acceptors (Lipinski definition) is 7. The van der Waals surface area contributed by atoms with Crippen LogP contribution in [-0.4, -0.2) is 64.0 Å². The largest absolute Gasteiger partial charge is 0.490 e. The molecule has 1 aliphatic rings. The number of piperidine rings is 1. The van der Waals surface area contributed by atoms with Crippen LogP contribution in [0.4, 0.5) is 17.6 Å². The number of thiophene rings is 1. The highest BCUT2D eigenvalue weighted by atomic mass is 32.1. The van der Waals surface area contributed by atoms with Gasteiger partial charge in [0.25, 0.3) is 0 Å². The molecule has 1 aliphatic heterocycles. The number of rotatable bonds is 7. The third-order valence-corrected chi connectivity index (χ3v) is 6.65. The molecule has 0 saturated carbocycles. The van der Waals surface area contributed by atoms with E-state index in [2.05, 4.69) is 0 Å². The summed E-state index contributed by atoms with van der Waals surface area (Å²) in [6.07, 6.45) is -3.46. The molecule has 212 valence electrons. The quantitative estimate of drug-likeness (QED) is 0.128. The van der Waals surface area contributed by atoms with E-state index in [-0.39, 0.29) is 40.4 Å². The number of nitrogens with one attached hydrogen (secondary N) is 1. The molecule has 15 heteroatoms. The molecule has 3 rings (SSSR count). The first-order valence-electron chi connectivity index (χ1n) is 11.4. The SMILES string of the molecule is CC(Cc1ccc(C(=O)Oc2ccc(C(=N)N)cc2F)s1)C(=O)N1CCCC(C(=O)O)C1.O=C(O)C(F)(F)F. The predicted molar refractivity (Wildman–Crippen MR) is 130 cm³/mol. The fourth-order valence-corrected chi connectivity index (χ4v) is 4.59. The van der Waals surface area contributed by atoms with Crippen molar-refractivity contribution in [2.75, 3.05) is 13.1 Å². The number of ether oxygens (including phenoxy) is 1. The van der Waals surface area contributed by atoms with Crippen LogP contribution >= 0.6 is 11.3 Å². The number of aliphatic carboxylic acids is 2. The van der Waals surface area contributed by atoms with E-state index in [1.165, 1.54) is 12.1 Å². The van der Waals surface area contributed by atoms with Crippen LogP contribution in [0.2, 0.25) is 0 Å². The summed E-state index contributed by atoms with van der Waals surface area (Å²) >= 11 is 1.16. The minimum absolute atomic E-state index is 0.110. The molecule has 1 aromatic heterocycles. The molecular formula is C24H25F4N3O7S. The second-order valence-electron chi connectivity index (χ2n) is 8.58. The average Bonchev–Trinajstić information content (AvgIpc) is 3.33. The lowest BCUT2D eigenvalue weighted by Gasteiger charge is -2.32. The number of alkyl halides is 3. The molecule has 0 bridgehead atoms. The van der Waals surface area contributed by atoms with Crippen molar-refractivity contribution in [2.45, 2.75) is 32.4 Å². The maximum atomic E-state index is 14.1. The second kappa shape index (κ2) is 13.2. The molecule has 39 heavy (non-hydrogen) atoms. The first-order valence-corrected chi connectivity index (χ1v) is 12.2. The van der Waals surface area contributed by atoms with E-state index < -0.39 is 35.8 Å². The van der Waals surface area contributed by atoms with Crippen molar-refractivity contribution in [3.05, 3.63) is 51.5 Å². The van der Waals surface area contributed by atoms with Gasteiger partial charge in [-0.05, 0) is 49.6 Å². The number of amides is 1. The van der Waals surface area contributed by atoms with E-state index in [4.69, 9.17) is 25.8 Å². The van der Waals surface area contributed by atoms with E-state index in [0.29, 0.717) is 25.8 Å². The number of esters is 1. The third-order valence-electron chi connectivity index (χ3n) is 5.56. The Balaban J connectivity index is 0.000000673. The molecule has 1 saturated heterocycles. The summed E-state index contributed by atoms with van der Waals surface area (Å²) in [4.78, 5) is 47.9. The molecule has 0 radical (unpaired) electrons. The van der Waals surface area contributed by atoms with Crippen molar-refractivity contribution >= 4 is 41.0 Å². The summed E-state index contributed by atoms with van der Waals surface area (Å²) in [7, 11) is 0. The molecule has 1 amide bonds. The summed E-state index contributed by atoms with van der Waals surface area (Å²) < 4.78 is 51.0. The average molecular weight is 576 g/mol. The van der Waals surface area contributed by atoms with Crippen LogP contribution in [0.5, 0.6) is 5.75 Å². The Labute approximate surface area is 223 Å². The van der Waals surface area contributed by atoms with Gasteiger partial charge in [0, 0.05) is 29.4 Å². The van der Waals surface area contributed by atoms with Crippen LogP contribution in [-0.2, 0) is 20.8 Å². The number of amidine groups is 1. The van der Waals surface area contributed by atoms with Crippen molar-refractivity contribution in [1.82, 2.24) is 4.90 Å². The Bertz CT molecular complexity index is 1250. The molecule has 5 N–H and O–H groups in total. The van der Waals surface area contributed by atoms with Gasteiger partial charge in [0.15, 0.2) is 11.6 Å². The van der Waals surface area contributed by atoms with Crippen molar-refractivity contribution in [3.63, 3.8) is 0 Å². The number of nitrogens with two attached hydrogens (primary N) is 1. The van der Waals surface area contributed by atoms with E-state index in [1.54, 1.807) is 24.0 Å². The lowest BCUT2D eigenvalue weighted by molar-refractivity contribution is -0.192. The monoisotopic (exact) mass is 575 g/mol. The zero-order valence-corrected chi connectivity index (χ0v) is 21.3. The maximum Gasteiger partial charge on any atom is 0.490 e. The number of carbonyl (C=O) groups is 4. The molecule has 1 fully saturated rings. The number of nitrogens with zero attached hydrogens (tertiary/aromatic N) is 1. The zero-order valence-electron chi connectivity index (χ0n) is 20.5. The Morgan fingerprint density at radius 2 is 1.85 bits per heavy atom. The minimum atomic E-state index is -5.08. The van der Waals surface area contributed by atoms with Gasteiger partial charge in [0.2, 0.25) is 5.91 Å². The fraction of sp³-hybridized carbons (Fsp3) is 0.375. The number of likely N-dealkylation sites (tertiary alicyclic amines) is 1. The van der Waals surface area contributed by atoms with Gasteiger partial charge < -0.3 is 25.6 Å². The second-order valence-corrected chi connectivity index (χ2v) is 9.75. The normalized spacial score (nSPS) is 15.9. The Morgan fingerprint density at radius 1 is 1.21 bits per heavy atom. The summed E-state index contributed by atoms with van der Waals surface area (Å²) in [6.45, 7) is 2.54. The van der Waals surface area contributed by atoms with Crippen LogP contribution in [0, 0.1) is 23.1 Å². The van der Waals surface area contributed by atoms with Gasteiger partial charge in [-0.1, -0.05) is 6.92 Å². The minimum Gasteiger partial charge on any atom is -0.481 e. The first kappa shape index (κ1) is 31.2. The molecule has 2 atom stereocenters. The third kappa shape index (κ3) is 9.05. The highest BCUT2D eigenvalue weighted by Crippen LogP contribution is 2.25. The van der Waals surface area contributed by atoms with E-state index in [0.717, 1.165) is 22.3 Å². The van der Waals surface area contributed by atoms with Gasteiger partial charge in [0.05, 0.1) is 5.92 Å². The first-order chi connectivity index (χ1) is 18.1. The number of hydrogen-bond donors (Lipinski definition) is 4. The smallest absolute Gasteiger partial charge is 0.481 e. The number of halogens is 4. The standard InChI is InChI=1S/C22H24FN3O5S.C2HF3O2/c1-12(20(27)26-8-2-3-14(11-26)21(28)29)9-15-5-7-18(32-15)22(30)31-17-6-4-13(19(24)25)10-16(17)23;3-2(4,5)1(6)7/h4-7,10,12,14H,2-3,8-9,11H2,1H3,(H3,24,25)(H,28,29);(H,6,7). The lowest BCUT2D eigenvalue weighted by Crippen LogP contribution is -2.44. The van der Waals surface area contributed by atoms with E-state index >= 15 is 0 Å².